The molecular formula is C24H26N2O3. The molecule has 0 radical (unpaired) electrons. The van der Waals surface area contributed by atoms with Crippen LogP contribution in [0, 0.1) is 0 Å². The van der Waals surface area contributed by atoms with E-state index >= 15 is 0 Å². The third-order valence-electron chi connectivity index (χ3n) is 4.95. The molecule has 2 aromatic carbocycles. The molecule has 29 heavy (non-hydrogen) atoms. The van der Waals surface area contributed by atoms with Gasteiger partial charge in [0.05, 0.1) is 0 Å². The molecule has 5 heteroatoms. The van der Waals surface area contributed by atoms with Gasteiger partial charge < -0.3 is 14.2 Å². The molecule has 0 spiro atoms. The Kier molecular flexibility index (Phi) is 6.17. The number of carbonyl (C=O) groups excluding carboxylic acids is 1. The zero-order valence-corrected chi connectivity index (χ0v) is 17.3. The second-order valence-corrected chi connectivity index (χ2v) is 7.03. The first-order valence-electron chi connectivity index (χ1n) is 9.75. The summed E-state index contributed by atoms with van der Waals surface area (Å²) in [5, 5.41) is 0.718. The zero-order chi connectivity index (χ0) is 21.0. The summed E-state index contributed by atoms with van der Waals surface area (Å²) in [4.78, 5) is 29.0. The molecule has 0 atom stereocenters. The van der Waals surface area contributed by atoms with Crippen molar-refractivity contribution in [3.63, 3.8) is 0 Å². The maximum atomic E-state index is 12.6. The van der Waals surface area contributed by atoms with Crippen molar-refractivity contribution in [2.75, 3.05) is 37.0 Å². The van der Waals surface area contributed by atoms with Gasteiger partial charge in [-0.25, -0.2) is 4.79 Å². The van der Waals surface area contributed by atoms with Crippen LogP contribution in [0.3, 0.4) is 0 Å². The molecular weight excluding hydrogens is 364 g/mol. The van der Waals surface area contributed by atoms with Crippen LogP contribution in [0.25, 0.3) is 17.0 Å². The SMILES string of the molecule is CCN(CC)c1ccc(C=CC(=O)c2cc3ccc(N(C)C)cc3oc2=O)cc1. The van der Waals surface area contributed by atoms with Gasteiger partial charge in [-0.1, -0.05) is 18.2 Å². The van der Waals surface area contributed by atoms with Crippen LogP contribution in [-0.4, -0.2) is 33.0 Å². The Labute approximate surface area is 170 Å². The van der Waals surface area contributed by atoms with E-state index in [1.54, 1.807) is 18.2 Å². The third kappa shape index (κ3) is 4.57. The topological polar surface area (TPSA) is 53.8 Å². The van der Waals surface area contributed by atoms with Gasteiger partial charge in [-0.05, 0) is 55.8 Å². The van der Waals surface area contributed by atoms with E-state index < -0.39 is 5.63 Å². The lowest BCUT2D eigenvalue weighted by Gasteiger charge is -2.20. The Hall–Kier alpha value is -3.34. The van der Waals surface area contributed by atoms with Crippen LogP contribution in [0.1, 0.15) is 29.8 Å². The number of hydrogen-bond acceptors (Lipinski definition) is 5. The Morgan fingerprint density at radius 3 is 2.24 bits per heavy atom. The van der Waals surface area contributed by atoms with Crippen LogP contribution in [0.2, 0.25) is 0 Å². The number of hydrogen-bond donors (Lipinski definition) is 0. The molecule has 0 bridgehead atoms. The van der Waals surface area contributed by atoms with Crippen molar-refractivity contribution in [3.05, 3.63) is 76.2 Å². The quantitative estimate of drug-likeness (QED) is 0.335. The fourth-order valence-electron chi connectivity index (χ4n) is 3.20. The number of allylic oxidation sites excluding steroid dienone is 1. The molecule has 0 saturated heterocycles. The van der Waals surface area contributed by atoms with E-state index in [2.05, 4.69) is 18.7 Å². The molecule has 0 aliphatic carbocycles. The van der Waals surface area contributed by atoms with E-state index in [-0.39, 0.29) is 11.3 Å². The van der Waals surface area contributed by atoms with Crippen LogP contribution in [0.4, 0.5) is 11.4 Å². The molecule has 0 amide bonds. The van der Waals surface area contributed by atoms with Gasteiger partial charge in [-0.15, -0.1) is 0 Å². The fraction of sp³-hybridized carbons (Fsp3) is 0.250. The fourth-order valence-corrected chi connectivity index (χ4v) is 3.20. The van der Waals surface area contributed by atoms with Crippen LogP contribution >= 0.6 is 0 Å². The van der Waals surface area contributed by atoms with Crippen molar-refractivity contribution in [1.82, 2.24) is 0 Å². The van der Waals surface area contributed by atoms with E-state index in [0.29, 0.717) is 5.58 Å². The minimum atomic E-state index is -0.625. The molecule has 1 aromatic heterocycles. The van der Waals surface area contributed by atoms with Crippen LogP contribution in [0.5, 0.6) is 0 Å². The molecule has 0 unspecified atom stereocenters. The Morgan fingerprint density at radius 1 is 0.966 bits per heavy atom. The average molecular weight is 390 g/mol. The summed E-state index contributed by atoms with van der Waals surface area (Å²) >= 11 is 0. The highest BCUT2D eigenvalue weighted by Crippen LogP contribution is 2.21. The number of anilines is 2. The molecule has 150 valence electrons. The van der Waals surface area contributed by atoms with Crippen molar-refractivity contribution < 1.29 is 9.21 Å². The zero-order valence-electron chi connectivity index (χ0n) is 17.3. The maximum absolute atomic E-state index is 12.6. The smallest absolute Gasteiger partial charge is 0.347 e. The van der Waals surface area contributed by atoms with E-state index in [1.165, 1.54) is 6.08 Å². The van der Waals surface area contributed by atoms with Crippen molar-refractivity contribution >= 4 is 34.2 Å². The Morgan fingerprint density at radius 2 is 1.62 bits per heavy atom. The van der Waals surface area contributed by atoms with Gasteiger partial charge in [0.15, 0.2) is 5.78 Å². The Balaban J connectivity index is 1.83. The largest absolute Gasteiger partial charge is 0.422 e. The first-order valence-corrected chi connectivity index (χ1v) is 9.75. The van der Waals surface area contributed by atoms with Crippen LogP contribution < -0.4 is 15.4 Å². The van der Waals surface area contributed by atoms with Crippen molar-refractivity contribution in [2.24, 2.45) is 0 Å². The van der Waals surface area contributed by atoms with Crippen LogP contribution in [0.15, 0.2) is 63.8 Å². The van der Waals surface area contributed by atoms with E-state index in [0.717, 1.165) is 35.4 Å². The number of carbonyl (C=O) groups is 1. The highest BCUT2D eigenvalue weighted by atomic mass is 16.4. The minimum absolute atomic E-state index is 0.0334. The molecule has 1 heterocycles. The molecule has 0 aliphatic rings. The first-order chi connectivity index (χ1) is 13.9. The lowest BCUT2D eigenvalue weighted by atomic mass is 10.1. The van der Waals surface area contributed by atoms with Gasteiger partial charge in [0.2, 0.25) is 0 Å². The molecule has 0 fully saturated rings. The normalized spacial score (nSPS) is 11.2. The van der Waals surface area contributed by atoms with E-state index in [4.69, 9.17) is 4.42 Å². The average Bonchev–Trinajstić information content (AvgIpc) is 2.72. The van der Waals surface area contributed by atoms with Gasteiger partial charge in [-0.3, -0.25) is 4.79 Å². The van der Waals surface area contributed by atoms with Crippen molar-refractivity contribution in [3.8, 4) is 0 Å². The summed E-state index contributed by atoms with van der Waals surface area (Å²) < 4.78 is 5.38. The predicted molar refractivity (Wildman–Crippen MR) is 120 cm³/mol. The summed E-state index contributed by atoms with van der Waals surface area (Å²) in [7, 11) is 3.83. The monoisotopic (exact) mass is 390 g/mol. The van der Waals surface area contributed by atoms with Gasteiger partial charge in [0.25, 0.3) is 0 Å². The maximum Gasteiger partial charge on any atom is 0.347 e. The summed E-state index contributed by atoms with van der Waals surface area (Å²) in [5.41, 5.74) is 2.84. The van der Waals surface area contributed by atoms with Gasteiger partial charge in [-0.2, -0.15) is 0 Å². The van der Waals surface area contributed by atoms with Crippen molar-refractivity contribution in [1.29, 1.82) is 0 Å². The first kappa shape index (κ1) is 20.4. The summed E-state index contributed by atoms with van der Waals surface area (Å²) in [6.07, 6.45) is 3.13. The number of rotatable bonds is 7. The molecule has 0 aliphatic heterocycles. The molecule has 3 aromatic rings. The summed E-state index contributed by atoms with van der Waals surface area (Å²) in [5.74, 6) is -0.370. The number of nitrogens with zero attached hydrogens (tertiary/aromatic N) is 2. The molecule has 0 saturated carbocycles. The van der Waals surface area contributed by atoms with Gasteiger partial charge in [0, 0.05) is 50.0 Å². The van der Waals surface area contributed by atoms with Crippen molar-refractivity contribution in [2.45, 2.75) is 13.8 Å². The van der Waals surface area contributed by atoms with E-state index in [9.17, 15) is 9.59 Å². The number of fused-ring (bicyclic) bond motifs is 1. The lowest BCUT2D eigenvalue weighted by Crippen LogP contribution is -2.21. The third-order valence-corrected chi connectivity index (χ3v) is 4.95. The standard InChI is InChI=1S/C24H26N2O3/c1-5-26(6-2)19-11-7-17(8-12-19)9-14-22(27)21-15-18-10-13-20(25(3)4)16-23(18)29-24(21)28/h7-16H,5-6H2,1-4H3. The Bertz CT molecular complexity index is 1090. The molecule has 5 nitrogen and oxygen atoms in total. The number of benzene rings is 2. The summed E-state index contributed by atoms with van der Waals surface area (Å²) in [6, 6.07) is 15.1. The second kappa shape index (κ2) is 8.78. The highest BCUT2D eigenvalue weighted by molar-refractivity contribution is 6.07. The van der Waals surface area contributed by atoms with E-state index in [1.807, 2.05) is 55.4 Å². The van der Waals surface area contributed by atoms with Gasteiger partial charge in [0.1, 0.15) is 11.1 Å². The number of ketones is 1. The minimum Gasteiger partial charge on any atom is -0.422 e. The molecule has 0 N–H and O–H groups in total. The summed E-state index contributed by atoms with van der Waals surface area (Å²) in [6.45, 7) is 6.12. The lowest BCUT2D eigenvalue weighted by molar-refractivity contribution is 0.104. The van der Waals surface area contributed by atoms with Crippen LogP contribution in [-0.2, 0) is 0 Å². The molecule has 3 rings (SSSR count). The predicted octanol–water partition coefficient (Wildman–Crippen LogP) is 4.60. The second-order valence-electron chi connectivity index (χ2n) is 7.03. The highest BCUT2D eigenvalue weighted by Gasteiger charge is 2.12. The van der Waals surface area contributed by atoms with Gasteiger partial charge >= 0.3 is 5.63 Å².